The minimum absolute atomic E-state index is 0.0145. The molecular weight excluding hydrogens is 432 g/mol. The number of nitrogens with one attached hydrogen (secondary N) is 1. The molecule has 0 bridgehead atoms. The fourth-order valence-corrected chi connectivity index (χ4v) is 4.19. The standard InChI is InChI=1S/C27H34N2O5/c1-20(30)33-25-12-10-23(19-26(25)34-21(2)31)11-13-27(32)28-24-14-17-29(18-15-24)16-6-9-22-7-4-3-5-8-22/h3-5,7-8,10,12,19,24H,6,9,11,13-18H2,1-2H3,(H,28,32). The third-order valence-corrected chi connectivity index (χ3v) is 5.89. The third-order valence-electron chi connectivity index (χ3n) is 5.89. The van der Waals surface area contributed by atoms with Crippen LogP contribution in [0, 0.1) is 0 Å². The van der Waals surface area contributed by atoms with Crippen molar-refractivity contribution >= 4 is 17.8 Å². The molecular formula is C27H34N2O5. The molecule has 0 spiro atoms. The second-order valence-electron chi connectivity index (χ2n) is 8.74. The van der Waals surface area contributed by atoms with E-state index in [4.69, 9.17) is 9.47 Å². The Morgan fingerprint density at radius 3 is 2.24 bits per heavy atom. The van der Waals surface area contributed by atoms with Crippen molar-refractivity contribution in [1.82, 2.24) is 10.2 Å². The Labute approximate surface area is 201 Å². The molecule has 7 nitrogen and oxygen atoms in total. The summed E-state index contributed by atoms with van der Waals surface area (Å²) in [6.07, 6.45) is 5.00. The van der Waals surface area contributed by atoms with E-state index in [1.165, 1.54) is 19.4 Å². The normalized spacial score (nSPS) is 14.4. The first kappa shape index (κ1) is 25.4. The Morgan fingerprint density at radius 2 is 1.56 bits per heavy atom. The highest BCUT2D eigenvalue weighted by Crippen LogP contribution is 2.29. The monoisotopic (exact) mass is 466 g/mol. The second kappa shape index (κ2) is 12.9. The van der Waals surface area contributed by atoms with Crippen LogP contribution in [0.1, 0.15) is 50.7 Å². The lowest BCUT2D eigenvalue weighted by atomic mass is 10.0. The van der Waals surface area contributed by atoms with Crippen LogP contribution in [0.2, 0.25) is 0 Å². The summed E-state index contributed by atoms with van der Waals surface area (Å²) in [5.41, 5.74) is 2.21. The van der Waals surface area contributed by atoms with Crippen LogP contribution in [-0.2, 0) is 27.2 Å². The number of benzene rings is 2. The SMILES string of the molecule is CC(=O)Oc1ccc(CCC(=O)NC2CCN(CCCc3ccccc3)CC2)cc1OC(C)=O. The number of hydrogen-bond acceptors (Lipinski definition) is 6. The van der Waals surface area contributed by atoms with E-state index >= 15 is 0 Å². The molecule has 0 unspecified atom stereocenters. The van der Waals surface area contributed by atoms with Crippen molar-refractivity contribution < 1.29 is 23.9 Å². The Morgan fingerprint density at radius 1 is 0.882 bits per heavy atom. The Hall–Kier alpha value is -3.19. The Balaban J connectivity index is 1.39. The molecule has 182 valence electrons. The summed E-state index contributed by atoms with van der Waals surface area (Å²) in [5.74, 6) is -0.621. The molecule has 0 saturated carbocycles. The van der Waals surface area contributed by atoms with Crippen molar-refractivity contribution in [2.24, 2.45) is 0 Å². The molecule has 2 aromatic rings. The zero-order chi connectivity index (χ0) is 24.3. The number of ether oxygens (including phenoxy) is 2. The van der Waals surface area contributed by atoms with Crippen molar-refractivity contribution in [2.75, 3.05) is 19.6 Å². The molecule has 0 aromatic heterocycles. The maximum absolute atomic E-state index is 12.5. The van der Waals surface area contributed by atoms with E-state index in [2.05, 4.69) is 34.5 Å². The lowest BCUT2D eigenvalue weighted by molar-refractivity contribution is -0.134. The van der Waals surface area contributed by atoms with Crippen LogP contribution in [0.3, 0.4) is 0 Å². The number of nitrogens with zero attached hydrogens (tertiary/aromatic N) is 1. The van der Waals surface area contributed by atoms with Gasteiger partial charge in [0.1, 0.15) is 0 Å². The fraction of sp³-hybridized carbons (Fsp3) is 0.444. The van der Waals surface area contributed by atoms with Crippen LogP contribution >= 0.6 is 0 Å². The van der Waals surface area contributed by atoms with Gasteiger partial charge < -0.3 is 19.7 Å². The average Bonchev–Trinajstić information content (AvgIpc) is 2.80. The van der Waals surface area contributed by atoms with Gasteiger partial charge in [0.05, 0.1) is 0 Å². The molecule has 3 rings (SSSR count). The van der Waals surface area contributed by atoms with Crippen LogP contribution in [0.25, 0.3) is 0 Å². The van der Waals surface area contributed by atoms with E-state index in [1.807, 2.05) is 6.07 Å². The third kappa shape index (κ3) is 8.63. The van der Waals surface area contributed by atoms with Gasteiger partial charge in [-0.15, -0.1) is 0 Å². The van der Waals surface area contributed by atoms with E-state index in [0.29, 0.717) is 12.8 Å². The zero-order valence-electron chi connectivity index (χ0n) is 20.0. The van der Waals surface area contributed by atoms with Crippen molar-refractivity contribution in [1.29, 1.82) is 0 Å². The molecule has 1 amide bonds. The maximum Gasteiger partial charge on any atom is 0.308 e. The van der Waals surface area contributed by atoms with Gasteiger partial charge in [-0.1, -0.05) is 36.4 Å². The van der Waals surface area contributed by atoms with Gasteiger partial charge in [0.25, 0.3) is 0 Å². The predicted molar refractivity (Wildman–Crippen MR) is 130 cm³/mol. The first-order valence-electron chi connectivity index (χ1n) is 11.9. The number of amides is 1. The number of carbonyl (C=O) groups is 3. The van der Waals surface area contributed by atoms with Crippen LogP contribution in [-0.4, -0.2) is 48.4 Å². The molecule has 0 atom stereocenters. The summed E-state index contributed by atoms with van der Waals surface area (Å²) >= 11 is 0. The van der Waals surface area contributed by atoms with Crippen molar-refractivity contribution in [3.05, 3.63) is 59.7 Å². The zero-order valence-corrected chi connectivity index (χ0v) is 20.0. The molecule has 1 aliphatic rings. The summed E-state index contributed by atoms with van der Waals surface area (Å²) in [6.45, 7) is 5.66. The molecule has 0 aliphatic carbocycles. The summed E-state index contributed by atoms with van der Waals surface area (Å²) in [4.78, 5) is 37.6. The van der Waals surface area contributed by atoms with Gasteiger partial charge in [-0.05, 0) is 61.9 Å². The lowest BCUT2D eigenvalue weighted by Gasteiger charge is -2.32. The molecule has 0 radical (unpaired) electrons. The van der Waals surface area contributed by atoms with Crippen LogP contribution in [0.15, 0.2) is 48.5 Å². The highest BCUT2D eigenvalue weighted by molar-refractivity contribution is 5.77. The van der Waals surface area contributed by atoms with Gasteiger partial charge >= 0.3 is 11.9 Å². The Kier molecular flexibility index (Phi) is 9.64. The van der Waals surface area contributed by atoms with Crippen LogP contribution in [0.5, 0.6) is 11.5 Å². The molecule has 1 fully saturated rings. The van der Waals surface area contributed by atoms with Gasteiger partial charge in [-0.3, -0.25) is 14.4 Å². The molecule has 7 heteroatoms. The van der Waals surface area contributed by atoms with E-state index in [1.54, 1.807) is 18.2 Å². The highest BCUT2D eigenvalue weighted by atomic mass is 16.6. The molecule has 1 aliphatic heterocycles. The summed E-state index contributed by atoms with van der Waals surface area (Å²) < 4.78 is 10.2. The fourth-order valence-electron chi connectivity index (χ4n) is 4.19. The number of likely N-dealkylation sites (tertiary alicyclic amines) is 1. The summed E-state index contributed by atoms with van der Waals surface area (Å²) in [7, 11) is 0. The second-order valence-corrected chi connectivity index (χ2v) is 8.74. The number of rotatable bonds is 10. The van der Waals surface area contributed by atoms with Crippen molar-refractivity contribution in [2.45, 2.75) is 58.4 Å². The average molecular weight is 467 g/mol. The summed E-state index contributed by atoms with van der Waals surface area (Å²) in [5, 5.41) is 3.16. The van der Waals surface area contributed by atoms with Gasteiger partial charge in [0, 0.05) is 39.4 Å². The van der Waals surface area contributed by atoms with E-state index in [-0.39, 0.29) is 23.4 Å². The minimum atomic E-state index is -0.505. The van der Waals surface area contributed by atoms with E-state index in [9.17, 15) is 14.4 Å². The van der Waals surface area contributed by atoms with Crippen LogP contribution < -0.4 is 14.8 Å². The quantitative estimate of drug-likeness (QED) is 0.425. The van der Waals surface area contributed by atoms with Gasteiger partial charge in [0.2, 0.25) is 5.91 Å². The minimum Gasteiger partial charge on any atom is -0.423 e. The number of hydrogen-bond donors (Lipinski definition) is 1. The van der Waals surface area contributed by atoms with Gasteiger partial charge in [0.15, 0.2) is 11.5 Å². The first-order chi connectivity index (χ1) is 16.4. The Bertz CT molecular complexity index is 968. The molecule has 34 heavy (non-hydrogen) atoms. The van der Waals surface area contributed by atoms with Crippen LogP contribution in [0.4, 0.5) is 0 Å². The topological polar surface area (TPSA) is 84.9 Å². The lowest BCUT2D eigenvalue weighted by Crippen LogP contribution is -2.44. The largest absolute Gasteiger partial charge is 0.423 e. The predicted octanol–water partition coefficient (Wildman–Crippen LogP) is 3.68. The van der Waals surface area contributed by atoms with Gasteiger partial charge in [-0.25, -0.2) is 0 Å². The molecule has 2 aromatic carbocycles. The first-order valence-corrected chi connectivity index (χ1v) is 11.9. The smallest absolute Gasteiger partial charge is 0.308 e. The number of piperidine rings is 1. The van der Waals surface area contributed by atoms with Gasteiger partial charge in [-0.2, -0.15) is 0 Å². The number of carbonyl (C=O) groups excluding carboxylic acids is 3. The molecule has 1 heterocycles. The molecule has 1 saturated heterocycles. The summed E-state index contributed by atoms with van der Waals surface area (Å²) in [6, 6.07) is 15.8. The maximum atomic E-state index is 12.5. The van der Waals surface area contributed by atoms with Crippen molar-refractivity contribution in [3.63, 3.8) is 0 Å². The van der Waals surface area contributed by atoms with E-state index < -0.39 is 11.9 Å². The number of aryl methyl sites for hydroxylation is 2. The van der Waals surface area contributed by atoms with E-state index in [0.717, 1.165) is 50.9 Å². The van der Waals surface area contributed by atoms with Crippen molar-refractivity contribution in [3.8, 4) is 11.5 Å². The molecule has 1 N–H and O–H groups in total. The highest BCUT2D eigenvalue weighted by Gasteiger charge is 2.20. The number of esters is 2.